The average molecular weight is 326 g/mol. The van der Waals surface area contributed by atoms with E-state index in [-0.39, 0.29) is 0 Å². The number of ether oxygens (including phenoxy) is 1. The minimum atomic E-state index is 0.537. The van der Waals surface area contributed by atoms with Crippen LogP contribution in [0.25, 0.3) is 11.0 Å². The van der Waals surface area contributed by atoms with Gasteiger partial charge in [0, 0.05) is 5.69 Å². The molecule has 0 saturated carbocycles. The Balaban J connectivity index is 1.61. The summed E-state index contributed by atoms with van der Waals surface area (Å²) in [6.07, 6.45) is 0. The van der Waals surface area contributed by atoms with E-state index in [2.05, 4.69) is 20.6 Å². The normalized spacial score (nSPS) is 10.5. The fraction of sp³-hybridized carbons (Fsp3) is 0.176. The molecule has 5 nitrogen and oxygen atoms in total. The van der Waals surface area contributed by atoms with Crippen LogP contribution in [0, 0.1) is 6.92 Å². The molecule has 0 fully saturated rings. The van der Waals surface area contributed by atoms with Crippen LogP contribution in [0.15, 0.2) is 42.5 Å². The molecule has 0 saturated heterocycles. The Hall–Kier alpha value is -2.60. The van der Waals surface area contributed by atoms with Gasteiger partial charge in [0.2, 0.25) is 0 Å². The van der Waals surface area contributed by atoms with Crippen molar-refractivity contribution in [3.8, 4) is 5.75 Å². The first-order valence-electron chi connectivity index (χ1n) is 7.29. The van der Waals surface area contributed by atoms with Crippen molar-refractivity contribution < 1.29 is 4.74 Å². The zero-order valence-electron chi connectivity index (χ0n) is 13.0. The molecule has 0 amide bonds. The molecule has 3 N–H and O–H groups in total. The number of fused-ring (bicyclic) bond motifs is 1. The van der Waals surface area contributed by atoms with Crippen molar-refractivity contribution in [3.63, 3.8) is 0 Å². The summed E-state index contributed by atoms with van der Waals surface area (Å²) in [4.78, 5) is 7.77. The van der Waals surface area contributed by atoms with E-state index in [0.29, 0.717) is 11.7 Å². The number of aromatic nitrogens is 2. The Morgan fingerprint density at radius 1 is 1.26 bits per heavy atom. The predicted octanol–water partition coefficient (Wildman–Crippen LogP) is 3.37. The molecule has 0 aliphatic rings. The number of nitrogens with one attached hydrogen (secondary N) is 3. The van der Waals surface area contributed by atoms with E-state index in [4.69, 9.17) is 17.0 Å². The monoisotopic (exact) mass is 326 g/mol. The van der Waals surface area contributed by atoms with Crippen molar-refractivity contribution in [2.75, 3.05) is 12.4 Å². The van der Waals surface area contributed by atoms with Crippen LogP contribution in [0.3, 0.4) is 0 Å². The first-order chi connectivity index (χ1) is 11.2. The van der Waals surface area contributed by atoms with E-state index < -0.39 is 0 Å². The fourth-order valence-electron chi connectivity index (χ4n) is 2.32. The van der Waals surface area contributed by atoms with Gasteiger partial charge in [0.15, 0.2) is 5.11 Å². The van der Waals surface area contributed by atoms with Crippen LogP contribution in [0.2, 0.25) is 0 Å². The van der Waals surface area contributed by atoms with Gasteiger partial charge in [-0.3, -0.25) is 0 Å². The number of benzene rings is 2. The van der Waals surface area contributed by atoms with Gasteiger partial charge in [-0.1, -0.05) is 12.1 Å². The topological polar surface area (TPSA) is 62.0 Å². The van der Waals surface area contributed by atoms with E-state index in [9.17, 15) is 0 Å². The summed E-state index contributed by atoms with van der Waals surface area (Å²) in [5, 5.41) is 6.90. The van der Waals surface area contributed by atoms with Crippen molar-refractivity contribution >= 4 is 34.1 Å². The highest BCUT2D eigenvalue weighted by Gasteiger charge is 2.05. The molecule has 1 aromatic heterocycles. The Bertz CT molecular complexity index is 810. The number of H-pyrrole nitrogens is 1. The van der Waals surface area contributed by atoms with E-state index in [1.165, 1.54) is 0 Å². The molecule has 1 heterocycles. The van der Waals surface area contributed by atoms with Crippen LogP contribution in [-0.4, -0.2) is 22.2 Å². The third kappa shape index (κ3) is 3.60. The van der Waals surface area contributed by atoms with Crippen LogP contribution in [0.4, 0.5) is 5.69 Å². The summed E-state index contributed by atoms with van der Waals surface area (Å²) >= 11 is 5.34. The van der Waals surface area contributed by atoms with Crippen LogP contribution in [-0.2, 0) is 6.54 Å². The Morgan fingerprint density at radius 3 is 2.83 bits per heavy atom. The van der Waals surface area contributed by atoms with Gasteiger partial charge in [0.05, 0.1) is 24.7 Å². The lowest BCUT2D eigenvalue weighted by Crippen LogP contribution is -2.28. The maximum Gasteiger partial charge on any atom is 0.171 e. The minimum absolute atomic E-state index is 0.537. The lowest BCUT2D eigenvalue weighted by molar-refractivity contribution is 0.414. The summed E-state index contributed by atoms with van der Waals surface area (Å²) in [7, 11) is 1.65. The second-order valence-corrected chi connectivity index (χ2v) is 5.60. The molecular weight excluding hydrogens is 308 g/mol. The second kappa shape index (κ2) is 6.66. The van der Waals surface area contributed by atoms with Gasteiger partial charge in [-0.05, 0) is 55.0 Å². The number of para-hydroxylation sites is 2. The number of imidazole rings is 1. The number of nitrogens with zero attached hydrogens (tertiary/aromatic N) is 1. The van der Waals surface area contributed by atoms with Gasteiger partial charge >= 0.3 is 0 Å². The zero-order valence-corrected chi connectivity index (χ0v) is 13.8. The number of thiocarbonyl (C=S) groups is 1. The predicted molar refractivity (Wildman–Crippen MR) is 96.9 cm³/mol. The Labute approximate surface area is 140 Å². The molecule has 0 radical (unpaired) electrons. The van der Waals surface area contributed by atoms with Gasteiger partial charge in [-0.2, -0.15) is 0 Å². The van der Waals surface area contributed by atoms with Crippen LogP contribution < -0.4 is 15.4 Å². The average Bonchev–Trinajstić information content (AvgIpc) is 2.97. The second-order valence-electron chi connectivity index (χ2n) is 5.19. The largest absolute Gasteiger partial charge is 0.497 e. The number of hydrogen-bond donors (Lipinski definition) is 3. The molecule has 0 atom stereocenters. The quantitative estimate of drug-likeness (QED) is 0.642. The Morgan fingerprint density at radius 2 is 2.09 bits per heavy atom. The summed E-state index contributed by atoms with van der Waals surface area (Å²) < 4.78 is 5.20. The van der Waals surface area contributed by atoms with Gasteiger partial charge in [0.25, 0.3) is 0 Å². The molecule has 23 heavy (non-hydrogen) atoms. The molecule has 0 spiro atoms. The molecule has 118 valence electrons. The maximum atomic E-state index is 5.34. The SMILES string of the molecule is COc1ccc(NC(=S)NCc2nc3ccccc3[nH]2)c(C)c1. The molecule has 0 aliphatic heterocycles. The van der Waals surface area contributed by atoms with Crippen molar-refractivity contribution in [2.24, 2.45) is 0 Å². The van der Waals surface area contributed by atoms with Crippen molar-refractivity contribution in [1.82, 2.24) is 15.3 Å². The Kier molecular flexibility index (Phi) is 4.43. The first kappa shape index (κ1) is 15.3. The van der Waals surface area contributed by atoms with Crippen molar-refractivity contribution in [1.29, 1.82) is 0 Å². The van der Waals surface area contributed by atoms with E-state index >= 15 is 0 Å². The van der Waals surface area contributed by atoms with Crippen LogP contribution in [0.1, 0.15) is 11.4 Å². The van der Waals surface area contributed by atoms with E-state index in [0.717, 1.165) is 33.9 Å². The van der Waals surface area contributed by atoms with Crippen molar-refractivity contribution in [2.45, 2.75) is 13.5 Å². The fourth-order valence-corrected chi connectivity index (χ4v) is 2.51. The number of anilines is 1. The van der Waals surface area contributed by atoms with Gasteiger partial charge in [-0.25, -0.2) is 4.98 Å². The highest BCUT2D eigenvalue weighted by atomic mass is 32.1. The van der Waals surface area contributed by atoms with E-state index in [1.54, 1.807) is 7.11 Å². The number of hydrogen-bond acceptors (Lipinski definition) is 3. The minimum Gasteiger partial charge on any atom is -0.497 e. The maximum absolute atomic E-state index is 5.34. The number of aromatic amines is 1. The zero-order chi connectivity index (χ0) is 16.2. The number of methoxy groups -OCH3 is 1. The summed E-state index contributed by atoms with van der Waals surface area (Å²) in [5.74, 6) is 1.68. The molecule has 0 aliphatic carbocycles. The molecular formula is C17H18N4OS. The summed E-state index contributed by atoms with van der Waals surface area (Å²) in [6, 6.07) is 13.7. The van der Waals surface area contributed by atoms with Crippen molar-refractivity contribution in [3.05, 3.63) is 53.9 Å². The van der Waals surface area contributed by atoms with Gasteiger partial charge in [0.1, 0.15) is 11.6 Å². The number of aryl methyl sites for hydroxylation is 1. The number of rotatable bonds is 4. The summed E-state index contributed by atoms with van der Waals surface area (Å²) in [6.45, 7) is 2.54. The third-order valence-electron chi connectivity index (χ3n) is 3.54. The highest BCUT2D eigenvalue weighted by molar-refractivity contribution is 7.80. The molecule has 6 heteroatoms. The van der Waals surface area contributed by atoms with Gasteiger partial charge in [-0.15, -0.1) is 0 Å². The van der Waals surface area contributed by atoms with Crippen LogP contribution in [0.5, 0.6) is 5.75 Å². The molecule has 0 bridgehead atoms. The smallest absolute Gasteiger partial charge is 0.171 e. The summed E-state index contributed by atoms with van der Waals surface area (Å²) in [5.41, 5.74) is 3.99. The molecule has 0 unspecified atom stereocenters. The standard InChI is InChI=1S/C17H18N4OS/c1-11-9-12(22-2)7-8-13(11)21-17(23)18-10-16-19-14-5-3-4-6-15(14)20-16/h3-9H,10H2,1-2H3,(H,19,20)(H2,18,21,23). The molecule has 3 rings (SSSR count). The first-order valence-corrected chi connectivity index (χ1v) is 7.69. The lowest BCUT2D eigenvalue weighted by Gasteiger charge is -2.12. The van der Waals surface area contributed by atoms with Gasteiger partial charge < -0.3 is 20.4 Å². The molecule has 2 aromatic carbocycles. The molecule has 3 aromatic rings. The van der Waals surface area contributed by atoms with Crippen LogP contribution >= 0.6 is 12.2 Å². The highest BCUT2D eigenvalue weighted by Crippen LogP contribution is 2.20. The lowest BCUT2D eigenvalue weighted by atomic mass is 10.2. The van der Waals surface area contributed by atoms with E-state index in [1.807, 2.05) is 49.4 Å². The third-order valence-corrected chi connectivity index (χ3v) is 3.78.